The van der Waals surface area contributed by atoms with Crippen molar-refractivity contribution in [2.24, 2.45) is 0 Å². The number of carbonyl (C=O) groups excluding carboxylic acids is 2. The van der Waals surface area contributed by atoms with E-state index in [0.29, 0.717) is 34.5 Å². The highest BCUT2D eigenvalue weighted by Crippen LogP contribution is 2.40. The molecule has 0 saturated carbocycles. The minimum atomic E-state index is -0.141. The third kappa shape index (κ3) is 8.17. The number of benzene rings is 5. The molecule has 0 atom stereocenters. The first kappa shape index (κ1) is 34.3. The highest BCUT2D eigenvalue weighted by molar-refractivity contribution is 7.99. The zero-order chi connectivity index (χ0) is 34.4. The van der Waals surface area contributed by atoms with Crippen LogP contribution in [0.25, 0.3) is 0 Å². The van der Waals surface area contributed by atoms with Gasteiger partial charge in [0.05, 0.1) is 11.3 Å². The lowest BCUT2D eigenvalue weighted by Crippen LogP contribution is -2.23. The number of aryl methyl sites for hydroxylation is 1. The van der Waals surface area contributed by atoms with Gasteiger partial charge in [0.25, 0.3) is 0 Å². The van der Waals surface area contributed by atoms with Crippen LogP contribution in [0.15, 0.2) is 119 Å². The van der Waals surface area contributed by atoms with Crippen LogP contribution in [0.5, 0.6) is 5.75 Å². The average molecular weight is 668 g/mol. The number of carbonyl (C=O) groups is 2. The number of rotatable bonds is 13. The van der Waals surface area contributed by atoms with Gasteiger partial charge in [-0.1, -0.05) is 126 Å². The number of ketones is 2. The molecule has 1 aliphatic carbocycles. The van der Waals surface area contributed by atoms with Crippen molar-refractivity contribution in [1.82, 2.24) is 0 Å². The summed E-state index contributed by atoms with van der Waals surface area (Å²) in [5.74, 6) is 0.502. The Labute approximate surface area is 295 Å². The average Bonchev–Trinajstić information content (AvgIpc) is 3.10. The van der Waals surface area contributed by atoms with Crippen LogP contribution in [-0.4, -0.2) is 11.6 Å². The molecule has 0 aliphatic heterocycles. The first-order valence-electron chi connectivity index (χ1n) is 17.4. The van der Waals surface area contributed by atoms with Gasteiger partial charge in [0.2, 0.25) is 0 Å². The minimum absolute atomic E-state index is 0.117. The molecule has 5 aromatic rings. The number of ether oxygens (including phenoxy) is 1. The summed E-state index contributed by atoms with van der Waals surface area (Å²) in [6.07, 6.45) is 7.37. The fraction of sp³-hybridized carbons (Fsp3) is 0.273. The van der Waals surface area contributed by atoms with E-state index in [1.165, 1.54) is 55.0 Å². The molecule has 0 unspecified atom stereocenters. The lowest BCUT2D eigenvalue weighted by atomic mass is 9.83. The molecule has 250 valence electrons. The Hall–Kier alpha value is -4.61. The lowest BCUT2D eigenvalue weighted by molar-refractivity contribution is 0.0977. The first-order chi connectivity index (χ1) is 23.7. The van der Waals surface area contributed by atoms with E-state index >= 15 is 0 Å². The van der Waals surface area contributed by atoms with Crippen molar-refractivity contribution < 1.29 is 14.3 Å². The molecule has 0 saturated heterocycles. The van der Waals surface area contributed by atoms with Crippen molar-refractivity contribution in [3.05, 3.63) is 148 Å². The van der Waals surface area contributed by atoms with Gasteiger partial charge in [-0.2, -0.15) is 0 Å². The second-order valence-corrected chi connectivity index (χ2v) is 15.0. The molecule has 0 heterocycles. The largest absolute Gasteiger partial charge is 0.489 e. The zero-order valence-corrected chi connectivity index (χ0v) is 29.8. The summed E-state index contributed by atoms with van der Waals surface area (Å²) in [4.78, 5) is 29.7. The van der Waals surface area contributed by atoms with E-state index in [1.807, 2.05) is 48.5 Å². The molecule has 0 spiro atoms. The van der Waals surface area contributed by atoms with E-state index in [-0.39, 0.29) is 17.0 Å². The van der Waals surface area contributed by atoms with Crippen LogP contribution in [0, 0.1) is 0 Å². The van der Waals surface area contributed by atoms with Crippen LogP contribution in [0.2, 0.25) is 0 Å². The second kappa shape index (κ2) is 15.3. The Kier molecular flexibility index (Phi) is 10.7. The summed E-state index contributed by atoms with van der Waals surface area (Å²) in [6, 6.07) is 35.9. The van der Waals surface area contributed by atoms with Crippen molar-refractivity contribution in [2.45, 2.75) is 88.0 Å². The fourth-order valence-electron chi connectivity index (χ4n) is 6.24. The summed E-state index contributed by atoms with van der Waals surface area (Å²) in [6.45, 7) is 9.35. The molecular weight excluding hydrogens is 623 g/mol. The Morgan fingerprint density at radius 3 is 1.98 bits per heavy atom. The quantitative estimate of drug-likeness (QED) is 0.124. The van der Waals surface area contributed by atoms with Crippen molar-refractivity contribution in [1.29, 1.82) is 0 Å². The molecule has 4 nitrogen and oxygen atoms in total. The fourth-order valence-corrected chi connectivity index (χ4v) is 7.22. The molecule has 0 fully saturated rings. The normalized spacial score (nSPS) is 12.4. The van der Waals surface area contributed by atoms with Crippen LogP contribution in [-0.2, 0) is 18.4 Å². The van der Waals surface area contributed by atoms with Crippen molar-refractivity contribution in [3.8, 4) is 5.75 Å². The van der Waals surface area contributed by atoms with Crippen molar-refractivity contribution in [3.63, 3.8) is 0 Å². The number of fused-ring (bicyclic) bond motifs is 2. The summed E-state index contributed by atoms with van der Waals surface area (Å²) >= 11 is 1.48. The predicted octanol–water partition coefficient (Wildman–Crippen LogP) is 11.7. The van der Waals surface area contributed by atoms with E-state index in [2.05, 4.69) is 81.5 Å². The molecule has 5 heteroatoms. The van der Waals surface area contributed by atoms with Crippen molar-refractivity contribution >= 4 is 34.7 Å². The maximum absolute atomic E-state index is 14.0. The Morgan fingerprint density at radius 1 is 0.653 bits per heavy atom. The number of nitrogens with one attached hydrogen (secondary N) is 1. The summed E-state index contributed by atoms with van der Waals surface area (Å²) in [5, 5.41) is 3.42. The van der Waals surface area contributed by atoms with E-state index < -0.39 is 0 Å². The predicted molar refractivity (Wildman–Crippen MR) is 202 cm³/mol. The zero-order valence-electron chi connectivity index (χ0n) is 29.0. The second-order valence-electron chi connectivity index (χ2n) is 13.9. The van der Waals surface area contributed by atoms with Crippen LogP contribution < -0.4 is 10.1 Å². The number of unbranched alkanes of at least 4 members (excludes halogenated alkanes) is 4. The summed E-state index contributed by atoms with van der Waals surface area (Å²) < 4.78 is 6.06. The van der Waals surface area contributed by atoms with Gasteiger partial charge in [-0.05, 0) is 83.5 Å². The van der Waals surface area contributed by atoms with E-state index in [0.717, 1.165) is 33.2 Å². The third-order valence-corrected chi connectivity index (χ3v) is 10.2. The molecule has 0 amide bonds. The maximum atomic E-state index is 14.0. The van der Waals surface area contributed by atoms with E-state index in [4.69, 9.17) is 4.74 Å². The van der Waals surface area contributed by atoms with Crippen LogP contribution in [0.1, 0.15) is 108 Å². The van der Waals surface area contributed by atoms with Crippen molar-refractivity contribution in [2.75, 3.05) is 5.32 Å². The standard InChI is InChI=1S/C44H45NO3S/c1-5-6-7-8-9-12-30-19-23-33(24-20-30)45-38-15-10-13-36-40(38)42(46)37-14-11-16-39(41(37)43(36)47)49-35-27-25-34(26-28-35)48-29-31-17-21-32(22-18-31)44(2,3)4/h10-11,13-28,45H,5-9,12,29H2,1-4H3. The van der Waals surface area contributed by atoms with Gasteiger partial charge in [0, 0.05) is 32.2 Å². The highest BCUT2D eigenvalue weighted by Gasteiger charge is 2.33. The van der Waals surface area contributed by atoms with Crippen LogP contribution >= 0.6 is 11.8 Å². The molecule has 1 aliphatic rings. The van der Waals surface area contributed by atoms with Crippen LogP contribution in [0.4, 0.5) is 11.4 Å². The van der Waals surface area contributed by atoms with Crippen LogP contribution in [0.3, 0.4) is 0 Å². The topological polar surface area (TPSA) is 55.4 Å². The molecular formula is C44H45NO3S. The van der Waals surface area contributed by atoms with E-state index in [1.54, 1.807) is 12.1 Å². The Balaban J connectivity index is 1.13. The summed E-state index contributed by atoms with van der Waals surface area (Å²) in [7, 11) is 0. The monoisotopic (exact) mass is 667 g/mol. The number of hydrogen-bond acceptors (Lipinski definition) is 5. The number of anilines is 2. The molecule has 1 N–H and O–H groups in total. The smallest absolute Gasteiger partial charge is 0.196 e. The van der Waals surface area contributed by atoms with Gasteiger partial charge >= 0.3 is 0 Å². The Morgan fingerprint density at radius 2 is 1.29 bits per heavy atom. The van der Waals surface area contributed by atoms with Gasteiger partial charge in [-0.25, -0.2) is 0 Å². The molecule has 6 rings (SSSR count). The molecule has 0 bridgehead atoms. The lowest BCUT2D eigenvalue weighted by Gasteiger charge is -2.22. The minimum Gasteiger partial charge on any atom is -0.489 e. The molecule has 5 aromatic carbocycles. The highest BCUT2D eigenvalue weighted by atomic mass is 32.2. The van der Waals surface area contributed by atoms with Gasteiger partial charge in [-0.3, -0.25) is 9.59 Å². The number of hydrogen-bond donors (Lipinski definition) is 1. The maximum Gasteiger partial charge on any atom is 0.196 e. The third-order valence-electron chi connectivity index (χ3n) is 9.11. The molecule has 0 radical (unpaired) electrons. The van der Waals surface area contributed by atoms with E-state index in [9.17, 15) is 9.59 Å². The Bertz CT molecular complexity index is 1920. The molecule has 49 heavy (non-hydrogen) atoms. The van der Waals surface area contributed by atoms with Gasteiger partial charge in [-0.15, -0.1) is 0 Å². The SMILES string of the molecule is CCCCCCCc1ccc(Nc2cccc3c2C(=O)c2cccc(Sc4ccc(OCc5ccc(C(C)(C)C)cc5)cc4)c2C3=O)cc1. The van der Waals surface area contributed by atoms with Gasteiger partial charge in [0.15, 0.2) is 11.6 Å². The molecule has 0 aromatic heterocycles. The first-order valence-corrected chi connectivity index (χ1v) is 18.2. The van der Waals surface area contributed by atoms with Gasteiger partial charge in [0.1, 0.15) is 12.4 Å². The summed E-state index contributed by atoms with van der Waals surface area (Å²) in [5.41, 5.74) is 7.14. The van der Waals surface area contributed by atoms with Gasteiger partial charge < -0.3 is 10.1 Å².